The maximum atomic E-state index is 11.7. The Bertz CT molecular complexity index is 832. The number of rotatable bonds is 6. The van der Waals surface area contributed by atoms with Gasteiger partial charge in [0.15, 0.2) is 5.78 Å². The second kappa shape index (κ2) is 8.70. The normalized spacial score (nSPS) is 14.6. The first kappa shape index (κ1) is 18.9. The lowest BCUT2D eigenvalue weighted by molar-refractivity contribution is 0.101. The van der Waals surface area contributed by atoms with Gasteiger partial charge in [-0.05, 0) is 49.7 Å². The molecule has 0 saturated carbocycles. The summed E-state index contributed by atoms with van der Waals surface area (Å²) >= 11 is 0. The molecule has 0 aliphatic carbocycles. The van der Waals surface area contributed by atoms with Crippen LogP contribution in [0.25, 0.3) is 0 Å². The molecule has 0 amide bonds. The Kier molecular flexibility index (Phi) is 6.10. The van der Waals surface area contributed by atoms with E-state index in [2.05, 4.69) is 28.0 Å². The van der Waals surface area contributed by atoms with E-state index in [-0.39, 0.29) is 5.78 Å². The molecule has 0 spiro atoms. The molecule has 1 heterocycles. The van der Waals surface area contributed by atoms with Gasteiger partial charge in [0.05, 0.1) is 17.9 Å². The molecule has 3 rings (SSSR count). The summed E-state index contributed by atoms with van der Waals surface area (Å²) in [6.45, 7) is 8.64. The van der Waals surface area contributed by atoms with Gasteiger partial charge < -0.3 is 9.64 Å². The van der Waals surface area contributed by atoms with Crippen LogP contribution in [0.3, 0.4) is 0 Å². The summed E-state index contributed by atoms with van der Waals surface area (Å²) < 4.78 is 5.49. The van der Waals surface area contributed by atoms with Crippen molar-refractivity contribution in [2.75, 3.05) is 37.7 Å². The molecule has 5 heteroatoms. The minimum Gasteiger partial charge on any atom is -0.494 e. The molecule has 0 unspecified atom stereocenters. The highest BCUT2D eigenvalue weighted by atomic mass is 16.5. The monoisotopic (exact) mass is 363 g/mol. The molecule has 1 aliphatic rings. The van der Waals surface area contributed by atoms with E-state index in [4.69, 9.17) is 4.74 Å². The van der Waals surface area contributed by atoms with Crippen molar-refractivity contribution in [3.8, 4) is 11.8 Å². The van der Waals surface area contributed by atoms with Gasteiger partial charge in [0.2, 0.25) is 0 Å². The number of ketones is 1. The molecule has 27 heavy (non-hydrogen) atoms. The number of hydrogen-bond donors (Lipinski definition) is 0. The molecular formula is C22H25N3O2. The van der Waals surface area contributed by atoms with Crippen LogP contribution < -0.4 is 9.64 Å². The number of Topliss-reactive ketones (excluding diaryl/α,β-unsaturated/α-hetero) is 1. The van der Waals surface area contributed by atoms with Crippen molar-refractivity contribution in [2.45, 2.75) is 20.4 Å². The van der Waals surface area contributed by atoms with Gasteiger partial charge in [0, 0.05) is 38.3 Å². The minimum absolute atomic E-state index is 0.0230. The van der Waals surface area contributed by atoms with Gasteiger partial charge in [-0.3, -0.25) is 9.69 Å². The Labute approximate surface area is 160 Å². The van der Waals surface area contributed by atoms with Gasteiger partial charge >= 0.3 is 0 Å². The van der Waals surface area contributed by atoms with Crippen LogP contribution in [0.4, 0.5) is 5.69 Å². The summed E-state index contributed by atoms with van der Waals surface area (Å²) in [6, 6.07) is 15.8. The standard InChI is InChI=1S/C22H25N3O2/c1-3-27-21-8-4-18(5-9-21)16-24-10-12-25(13-11-24)22-14-19(17(2)26)6-7-20(22)15-23/h4-9,14H,3,10-13,16H2,1-2H3. The average Bonchev–Trinajstić information content (AvgIpc) is 2.70. The van der Waals surface area contributed by atoms with Crippen molar-refractivity contribution < 1.29 is 9.53 Å². The molecule has 0 bridgehead atoms. The highest BCUT2D eigenvalue weighted by molar-refractivity contribution is 5.95. The molecule has 0 atom stereocenters. The van der Waals surface area contributed by atoms with Crippen molar-refractivity contribution in [2.24, 2.45) is 0 Å². The number of benzene rings is 2. The average molecular weight is 363 g/mol. The molecule has 1 saturated heterocycles. The second-order valence-electron chi connectivity index (χ2n) is 6.74. The number of ether oxygens (including phenoxy) is 1. The molecular weight excluding hydrogens is 338 g/mol. The Hall–Kier alpha value is -2.84. The van der Waals surface area contributed by atoms with Crippen molar-refractivity contribution >= 4 is 11.5 Å². The number of piperazine rings is 1. The molecule has 0 radical (unpaired) electrons. The first-order valence-electron chi connectivity index (χ1n) is 9.35. The lowest BCUT2D eigenvalue weighted by Crippen LogP contribution is -2.46. The summed E-state index contributed by atoms with van der Waals surface area (Å²) in [6.07, 6.45) is 0. The Morgan fingerprint density at radius 1 is 1.11 bits per heavy atom. The van der Waals surface area contributed by atoms with Crippen LogP contribution >= 0.6 is 0 Å². The van der Waals surface area contributed by atoms with E-state index in [1.807, 2.05) is 25.1 Å². The second-order valence-corrected chi connectivity index (χ2v) is 6.74. The van der Waals surface area contributed by atoms with Gasteiger partial charge in [0.1, 0.15) is 11.8 Å². The third kappa shape index (κ3) is 4.66. The van der Waals surface area contributed by atoms with Gasteiger partial charge in [-0.2, -0.15) is 5.26 Å². The zero-order valence-corrected chi connectivity index (χ0v) is 15.9. The van der Waals surface area contributed by atoms with Crippen molar-refractivity contribution in [3.05, 3.63) is 59.2 Å². The number of nitrogens with zero attached hydrogens (tertiary/aromatic N) is 3. The fraction of sp³-hybridized carbons (Fsp3) is 0.364. The minimum atomic E-state index is 0.0230. The number of hydrogen-bond acceptors (Lipinski definition) is 5. The summed E-state index contributed by atoms with van der Waals surface area (Å²) in [5.74, 6) is 0.926. The lowest BCUT2D eigenvalue weighted by Gasteiger charge is -2.36. The maximum Gasteiger partial charge on any atom is 0.159 e. The van der Waals surface area contributed by atoms with Crippen molar-refractivity contribution in [3.63, 3.8) is 0 Å². The molecule has 2 aromatic rings. The molecule has 140 valence electrons. The Balaban J connectivity index is 1.63. The summed E-state index contributed by atoms with van der Waals surface area (Å²) in [5, 5.41) is 9.40. The first-order valence-corrected chi connectivity index (χ1v) is 9.35. The smallest absolute Gasteiger partial charge is 0.159 e. The van der Waals surface area contributed by atoms with E-state index >= 15 is 0 Å². The SMILES string of the molecule is CCOc1ccc(CN2CCN(c3cc(C(C)=O)ccc3C#N)CC2)cc1. The van der Waals surface area contributed by atoms with E-state index in [9.17, 15) is 10.1 Å². The molecule has 1 aliphatic heterocycles. The fourth-order valence-electron chi connectivity index (χ4n) is 3.37. The quantitative estimate of drug-likeness (QED) is 0.736. The van der Waals surface area contributed by atoms with Gasteiger partial charge in [-0.15, -0.1) is 0 Å². The maximum absolute atomic E-state index is 11.7. The number of anilines is 1. The number of nitriles is 1. The zero-order valence-electron chi connectivity index (χ0n) is 15.9. The first-order chi connectivity index (χ1) is 13.1. The predicted octanol–water partition coefficient (Wildman–Crippen LogP) is 3.48. The zero-order chi connectivity index (χ0) is 19.2. The molecule has 0 aromatic heterocycles. The molecule has 0 N–H and O–H groups in total. The fourth-order valence-corrected chi connectivity index (χ4v) is 3.37. The van der Waals surface area contributed by atoms with E-state index in [0.29, 0.717) is 17.7 Å². The predicted molar refractivity (Wildman–Crippen MR) is 106 cm³/mol. The summed E-state index contributed by atoms with van der Waals surface area (Å²) in [7, 11) is 0. The van der Waals surface area contributed by atoms with Crippen LogP contribution in [0.5, 0.6) is 5.75 Å². The molecule has 5 nitrogen and oxygen atoms in total. The number of carbonyl (C=O) groups excluding carboxylic acids is 1. The highest BCUT2D eigenvalue weighted by Crippen LogP contribution is 2.24. The van der Waals surface area contributed by atoms with Crippen LogP contribution in [0, 0.1) is 11.3 Å². The third-order valence-electron chi connectivity index (χ3n) is 4.88. The Morgan fingerprint density at radius 3 is 2.41 bits per heavy atom. The molecule has 1 fully saturated rings. The Morgan fingerprint density at radius 2 is 1.81 bits per heavy atom. The van der Waals surface area contributed by atoms with Gasteiger partial charge in [0.25, 0.3) is 0 Å². The summed E-state index contributed by atoms with van der Waals surface area (Å²) in [4.78, 5) is 16.3. The molecule has 2 aromatic carbocycles. The lowest BCUT2D eigenvalue weighted by atomic mass is 10.1. The van der Waals surface area contributed by atoms with E-state index < -0.39 is 0 Å². The third-order valence-corrected chi connectivity index (χ3v) is 4.88. The van der Waals surface area contributed by atoms with E-state index in [1.54, 1.807) is 19.1 Å². The summed E-state index contributed by atoms with van der Waals surface area (Å²) in [5.41, 5.74) is 3.41. The van der Waals surface area contributed by atoms with Crippen LogP contribution in [0.15, 0.2) is 42.5 Å². The van der Waals surface area contributed by atoms with Gasteiger partial charge in [-0.25, -0.2) is 0 Å². The van der Waals surface area contributed by atoms with E-state index in [1.165, 1.54) is 5.56 Å². The van der Waals surface area contributed by atoms with Crippen LogP contribution in [0.2, 0.25) is 0 Å². The van der Waals surface area contributed by atoms with Gasteiger partial charge in [-0.1, -0.05) is 12.1 Å². The van der Waals surface area contributed by atoms with Crippen LogP contribution in [-0.2, 0) is 6.54 Å². The topological polar surface area (TPSA) is 56.6 Å². The number of carbonyl (C=O) groups is 1. The van der Waals surface area contributed by atoms with Crippen LogP contribution in [-0.4, -0.2) is 43.5 Å². The van der Waals surface area contributed by atoms with Crippen molar-refractivity contribution in [1.82, 2.24) is 4.90 Å². The highest BCUT2D eigenvalue weighted by Gasteiger charge is 2.20. The van der Waals surface area contributed by atoms with Crippen LogP contribution in [0.1, 0.15) is 35.3 Å². The largest absolute Gasteiger partial charge is 0.494 e. The van der Waals surface area contributed by atoms with E-state index in [0.717, 1.165) is 44.2 Å². The van der Waals surface area contributed by atoms with Crippen molar-refractivity contribution in [1.29, 1.82) is 5.26 Å².